The van der Waals surface area contributed by atoms with Gasteiger partial charge in [-0.2, -0.15) is 0 Å². The standard InChI is InChI=1S/C25H28FN3O3/c1-32-18-8-6-16(7-9-18)14-28-23-13-24(31)21(15-30)20(23)12-17-10-11-27-25(29-17)19-4-2-3-5-22(19)26/h2-11,20-21,23-24,28,30-31H,12-15H2,1H3. The lowest BCUT2D eigenvalue weighted by atomic mass is 9.88. The number of benzene rings is 2. The zero-order valence-corrected chi connectivity index (χ0v) is 18.0. The van der Waals surface area contributed by atoms with Gasteiger partial charge >= 0.3 is 0 Å². The van der Waals surface area contributed by atoms with Gasteiger partial charge in [-0.05, 0) is 54.7 Å². The van der Waals surface area contributed by atoms with Crippen molar-refractivity contribution < 1.29 is 19.3 Å². The minimum atomic E-state index is -0.591. The highest BCUT2D eigenvalue weighted by Gasteiger charge is 2.42. The molecule has 0 radical (unpaired) electrons. The number of aromatic nitrogens is 2. The van der Waals surface area contributed by atoms with Crippen LogP contribution in [0.15, 0.2) is 60.8 Å². The summed E-state index contributed by atoms with van der Waals surface area (Å²) < 4.78 is 19.4. The molecular formula is C25H28FN3O3. The molecule has 1 fully saturated rings. The van der Waals surface area contributed by atoms with Crippen molar-refractivity contribution in [2.24, 2.45) is 11.8 Å². The van der Waals surface area contributed by atoms with Crippen molar-refractivity contribution in [2.75, 3.05) is 13.7 Å². The lowest BCUT2D eigenvalue weighted by Crippen LogP contribution is -2.36. The third kappa shape index (κ3) is 4.96. The van der Waals surface area contributed by atoms with Gasteiger partial charge in [-0.25, -0.2) is 14.4 Å². The zero-order valence-electron chi connectivity index (χ0n) is 18.0. The van der Waals surface area contributed by atoms with Crippen LogP contribution in [-0.2, 0) is 13.0 Å². The molecule has 1 aliphatic rings. The van der Waals surface area contributed by atoms with Crippen molar-refractivity contribution in [3.8, 4) is 17.1 Å². The van der Waals surface area contributed by atoms with Crippen LogP contribution in [0.25, 0.3) is 11.4 Å². The van der Waals surface area contributed by atoms with E-state index in [4.69, 9.17) is 4.74 Å². The average Bonchev–Trinajstić information content (AvgIpc) is 3.12. The Balaban J connectivity index is 1.50. The first kappa shape index (κ1) is 22.3. The number of hydrogen-bond donors (Lipinski definition) is 3. The molecule has 1 heterocycles. The monoisotopic (exact) mass is 437 g/mol. The fourth-order valence-corrected chi connectivity index (χ4v) is 4.49. The average molecular weight is 438 g/mol. The summed E-state index contributed by atoms with van der Waals surface area (Å²) >= 11 is 0. The molecule has 0 bridgehead atoms. The Bertz CT molecular complexity index is 1030. The first-order valence-electron chi connectivity index (χ1n) is 10.8. The van der Waals surface area contributed by atoms with Crippen LogP contribution in [0.3, 0.4) is 0 Å². The summed E-state index contributed by atoms with van der Waals surface area (Å²) in [6.07, 6.45) is 2.14. The molecule has 3 N–H and O–H groups in total. The van der Waals surface area contributed by atoms with Crippen LogP contribution in [0.1, 0.15) is 17.7 Å². The van der Waals surface area contributed by atoms with Gasteiger partial charge in [-0.15, -0.1) is 0 Å². The molecule has 0 aliphatic heterocycles. The van der Waals surface area contributed by atoms with E-state index >= 15 is 0 Å². The van der Waals surface area contributed by atoms with Gasteiger partial charge in [0.15, 0.2) is 5.82 Å². The van der Waals surface area contributed by atoms with E-state index in [9.17, 15) is 14.6 Å². The third-order valence-corrected chi connectivity index (χ3v) is 6.27. The van der Waals surface area contributed by atoms with Gasteiger partial charge in [0.2, 0.25) is 0 Å². The second-order valence-electron chi connectivity index (χ2n) is 8.20. The van der Waals surface area contributed by atoms with Crippen molar-refractivity contribution in [1.82, 2.24) is 15.3 Å². The Labute approximate surface area is 187 Å². The third-order valence-electron chi connectivity index (χ3n) is 6.27. The zero-order chi connectivity index (χ0) is 22.5. The molecule has 4 unspecified atom stereocenters. The Kier molecular flexibility index (Phi) is 7.09. The topological polar surface area (TPSA) is 87.5 Å². The molecule has 1 aromatic heterocycles. The molecule has 0 saturated heterocycles. The second kappa shape index (κ2) is 10.2. The minimum Gasteiger partial charge on any atom is -0.497 e. The van der Waals surface area contributed by atoms with E-state index in [1.54, 1.807) is 31.5 Å². The maximum atomic E-state index is 14.2. The molecule has 4 rings (SSSR count). The van der Waals surface area contributed by atoms with Crippen molar-refractivity contribution in [3.63, 3.8) is 0 Å². The minimum absolute atomic E-state index is 0.0103. The Morgan fingerprint density at radius 3 is 2.59 bits per heavy atom. The van der Waals surface area contributed by atoms with Gasteiger partial charge in [0.1, 0.15) is 11.6 Å². The number of halogens is 1. The highest BCUT2D eigenvalue weighted by Crippen LogP contribution is 2.35. The van der Waals surface area contributed by atoms with Gasteiger partial charge in [0.25, 0.3) is 0 Å². The SMILES string of the molecule is COc1ccc(CNC2CC(O)C(CO)C2Cc2ccnc(-c3ccccc3F)n2)cc1. The number of hydrogen-bond acceptors (Lipinski definition) is 6. The molecule has 1 saturated carbocycles. The van der Waals surface area contributed by atoms with Crippen molar-refractivity contribution in [2.45, 2.75) is 31.5 Å². The molecule has 32 heavy (non-hydrogen) atoms. The van der Waals surface area contributed by atoms with E-state index in [2.05, 4.69) is 15.3 Å². The molecule has 1 aliphatic carbocycles. The lowest BCUT2D eigenvalue weighted by Gasteiger charge is -2.25. The molecule has 3 aromatic rings. The van der Waals surface area contributed by atoms with Crippen molar-refractivity contribution in [3.05, 3.63) is 77.9 Å². The molecule has 6 nitrogen and oxygen atoms in total. The second-order valence-corrected chi connectivity index (χ2v) is 8.20. The maximum absolute atomic E-state index is 14.2. The lowest BCUT2D eigenvalue weighted by molar-refractivity contribution is 0.0716. The Morgan fingerprint density at radius 2 is 1.88 bits per heavy atom. The first-order valence-corrected chi connectivity index (χ1v) is 10.8. The van der Waals surface area contributed by atoms with Gasteiger partial charge in [-0.1, -0.05) is 24.3 Å². The smallest absolute Gasteiger partial charge is 0.162 e. The fourth-order valence-electron chi connectivity index (χ4n) is 4.49. The molecule has 2 aromatic carbocycles. The summed E-state index contributed by atoms with van der Waals surface area (Å²) in [5, 5.41) is 24.0. The summed E-state index contributed by atoms with van der Waals surface area (Å²) in [6.45, 7) is 0.540. The van der Waals surface area contributed by atoms with E-state index in [0.29, 0.717) is 30.8 Å². The van der Waals surface area contributed by atoms with E-state index < -0.39 is 6.10 Å². The van der Waals surface area contributed by atoms with Crippen LogP contribution >= 0.6 is 0 Å². The summed E-state index contributed by atoms with van der Waals surface area (Å²) in [5.41, 5.74) is 2.22. The summed E-state index contributed by atoms with van der Waals surface area (Å²) in [7, 11) is 1.64. The quantitative estimate of drug-likeness (QED) is 0.502. The Morgan fingerprint density at radius 1 is 1.09 bits per heavy atom. The molecule has 0 amide bonds. The van der Waals surface area contributed by atoms with Crippen LogP contribution in [-0.4, -0.2) is 46.0 Å². The molecule has 0 spiro atoms. The van der Waals surface area contributed by atoms with E-state index in [1.807, 2.05) is 30.3 Å². The number of aliphatic hydroxyl groups excluding tert-OH is 2. The van der Waals surface area contributed by atoms with Crippen LogP contribution in [0.4, 0.5) is 4.39 Å². The predicted molar refractivity (Wildman–Crippen MR) is 119 cm³/mol. The maximum Gasteiger partial charge on any atom is 0.162 e. The van der Waals surface area contributed by atoms with Crippen LogP contribution in [0, 0.1) is 17.7 Å². The van der Waals surface area contributed by atoms with Gasteiger partial charge in [0.05, 0.1) is 18.8 Å². The molecule has 4 atom stereocenters. The number of rotatable bonds is 8. The van der Waals surface area contributed by atoms with Crippen LogP contribution in [0.5, 0.6) is 5.75 Å². The Hall–Kier alpha value is -2.87. The van der Waals surface area contributed by atoms with Crippen LogP contribution < -0.4 is 10.1 Å². The van der Waals surface area contributed by atoms with Gasteiger partial charge in [-0.3, -0.25) is 0 Å². The van der Waals surface area contributed by atoms with Crippen molar-refractivity contribution in [1.29, 1.82) is 0 Å². The van der Waals surface area contributed by atoms with E-state index in [1.165, 1.54) is 6.07 Å². The van der Waals surface area contributed by atoms with Gasteiger partial charge < -0.3 is 20.3 Å². The highest BCUT2D eigenvalue weighted by molar-refractivity contribution is 5.55. The number of methoxy groups -OCH3 is 1. The van der Waals surface area contributed by atoms with Crippen LogP contribution in [0.2, 0.25) is 0 Å². The molecule has 7 heteroatoms. The number of aliphatic hydroxyl groups is 2. The fraction of sp³-hybridized carbons (Fsp3) is 0.360. The largest absolute Gasteiger partial charge is 0.497 e. The van der Waals surface area contributed by atoms with E-state index in [-0.39, 0.29) is 30.3 Å². The number of nitrogens with one attached hydrogen (secondary N) is 1. The molecular weight excluding hydrogens is 409 g/mol. The summed E-state index contributed by atoms with van der Waals surface area (Å²) in [5.74, 6) is 0.500. The van der Waals surface area contributed by atoms with Crippen molar-refractivity contribution >= 4 is 0 Å². The number of ether oxygens (including phenoxy) is 1. The molecule has 168 valence electrons. The predicted octanol–water partition coefficient (Wildman–Crippen LogP) is 2.98. The normalized spacial score (nSPS) is 22.8. The van der Waals surface area contributed by atoms with Gasteiger partial charge in [0, 0.05) is 37.0 Å². The highest BCUT2D eigenvalue weighted by atomic mass is 19.1. The summed E-state index contributed by atoms with van der Waals surface area (Å²) in [6, 6.07) is 16.1. The van der Waals surface area contributed by atoms with E-state index in [0.717, 1.165) is 17.0 Å². The number of nitrogens with zero attached hydrogens (tertiary/aromatic N) is 2. The summed E-state index contributed by atoms with van der Waals surface area (Å²) in [4.78, 5) is 8.81. The first-order chi connectivity index (χ1) is 15.6.